The maximum atomic E-state index is 13.5. The SMILES string of the molecule is COC(=O)CCc1ccccc1NC(=O)[C@H](CCCNC(=O)OCc1ccccc1)NC(=O)c1nccc2ccccc12. The highest BCUT2D eigenvalue weighted by atomic mass is 16.5. The topological polar surface area (TPSA) is 136 Å². The van der Waals surface area contributed by atoms with Crippen molar-refractivity contribution in [1.29, 1.82) is 0 Å². The Morgan fingerprint density at radius 2 is 1.63 bits per heavy atom. The van der Waals surface area contributed by atoms with E-state index in [1.54, 1.807) is 24.4 Å². The van der Waals surface area contributed by atoms with Gasteiger partial charge in [0.05, 0.1) is 7.11 Å². The number of hydrogen-bond donors (Lipinski definition) is 3. The monoisotopic (exact) mass is 582 g/mol. The molecule has 3 aromatic carbocycles. The summed E-state index contributed by atoms with van der Waals surface area (Å²) < 4.78 is 9.98. The number of fused-ring (bicyclic) bond motifs is 1. The molecule has 0 radical (unpaired) electrons. The van der Waals surface area contributed by atoms with Gasteiger partial charge in [-0.2, -0.15) is 0 Å². The number of hydrogen-bond acceptors (Lipinski definition) is 7. The van der Waals surface area contributed by atoms with E-state index < -0.39 is 23.9 Å². The third-order valence-corrected chi connectivity index (χ3v) is 6.76. The van der Waals surface area contributed by atoms with Crippen molar-refractivity contribution in [3.05, 3.63) is 108 Å². The molecule has 3 amide bonds. The van der Waals surface area contributed by atoms with Gasteiger partial charge >= 0.3 is 12.1 Å². The minimum absolute atomic E-state index is 0.140. The van der Waals surface area contributed by atoms with Gasteiger partial charge in [-0.25, -0.2) is 4.79 Å². The molecule has 0 aliphatic carbocycles. The van der Waals surface area contributed by atoms with Gasteiger partial charge in [-0.1, -0.05) is 72.8 Å². The molecule has 1 aromatic heterocycles. The molecule has 4 rings (SSSR count). The van der Waals surface area contributed by atoms with Crippen LogP contribution in [-0.2, 0) is 32.1 Å². The fraction of sp³-hybridized carbons (Fsp3) is 0.242. The molecule has 0 unspecified atom stereocenters. The summed E-state index contributed by atoms with van der Waals surface area (Å²) in [5, 5.41) is 9.92. The van der Waals surface area contributed by atoms with Crippen LogP contribution in [-0.4, -0.2) is 48.6 Å². The molecule has 0 saturated heterocycles. The number of carbonyl (C=O) groups is 4. The van der Waals surface area contributed by atoms with Gasteiger partial charge in [0.15, 0.2) is 0 Å². The Morgan fingerprint density at radius 1 is 0.884 bits per heavy atom. The Morgan fingerprint density at radius 3 is 2.44 bits per heavy atom. The first-order valence-electron chi connectivity index (χ1n) is 14.0. The Balaban J connectivity index is 1.42. The van der Waals surface area contributed by atoms with E-state index in [2.05, 4.69) is 20.9 Å². The largest absolute Gasteiger partial charge is 0.469 e. The van der Waals surface area contributed by atoms with Gasteiger partial charge in [0.25, 0.3) is 5.91 Å². The second-order valence-electron chi connectivity index (χ2n) is 9.76. The van der Waals surface area contributed by atoms with Crippen LogP contribution in [0.1, 0.15) is 40.9 Å². The molecule has 0 bridgehead atoms. The van der Waals surface area contributed by atoms with Crippen LogP contribution < -0.4 is 16.0 Å². The van der Waals surface area contributed by atoms with Gasteiger partial charge in [-0.05, 0) is 47.9 Å². The Labute approximate surface area is 249 Å². The summed E-state index contributed by atoms with van der Waals surface area (Å²) in [7, 11) is 1.33. The molecular formula is C33H34N4O6. The number of pyridine rings is 1. The number of esters is 1. The fourth-order valence-electron chi connectivity index (χ4n) is 4.49. The van der Waals surface area contributed by atoms with Crippen molar-refractivity contribution in [2.75, 3.05) is 19.0 Å². The number of methoxy groups -OCH3 is 1. The number of alkyl carbamates (subject to hydrolysis) is 1. The first-order valence-corrected chi connectivity index (χ1v) is 14.0. The summed E-state index contributed by atoms with van der Waals surface area (Å²) in [5.41, 5.74) is 2.36. The van der Waals surface area contributed by atoms with Gasteiger partial charge in [0, 0.05) is 30.2 Å². The second kappa shape index (κ2) is 15.7. The predicted molar refractivity (Wildman–Crippen MR) is 162 cm³/mol. The predicted octanol–water partition coefficient (Wildman–Crippen LogP) is 4.78. The summed E-state index contributed by atoms with van der Waals surface area (Å²) in [5.74, 6) is -1.29. The smallest absolute Gasteiger partial charge is 0.407 e. The molecule has 0 aliphatic heterocycles. The van der Waals surface area contributed by atoms with Crippen molar-refractivity contribution in [3.63, 3.8) is 0 Å². The minimum atomic E-state index is -0.941. The Kier molecular flexibility index (Phi) is 11.2. The number of benzene rings is 3. The number of rotatable bonds is 13. The molecule has 0 saturated carbocycles. The maximum absolute atomic E-state index is 13.5. The zero-order chi connectivity index (χ0) is 30.4. The van der Waals surface area contributed by atoms with E-state index in [1.807, 2.05) is 66.7 Å². The minimum Gasteiger partial charge on any atom is -0.469 e. The summed E-state index contributed by atoms with van der Waals surface area (Å²) in [6.07, 6.45) is 2.11. The van der Waals surface area contributed by atoms with Crippen LogP contribution in [0.2, 0.25) is 0 Å². The van der Waals surface area contributed by atoms with Crippen LogP contribution in [0.4, 0.5) is 10.5 Å². The van der Waals surface area contributed by atoms with Gasteiger partial charge in [0.1, 0.15) is 18.3 Å². The standard InChI is InChI=1S/C33H34N4O6/c1-42-29(38)18-17-25-13-6-8-15-27(25)36-31(39)28(16-9-20-35-33(41)43-22-23-10-3-2-4-11-23)37-32(40)30-26-14-7-5-12-24(26)19-21-34-30/h2-8,10-15,19,21,28H,9,16-18,20,22H2,1H3,(H,35,41)(H,36,39)(H,37,40)/t28-/m0/s1. The lowest BCUT2D eigenvalue weighted by Crippen LogP contribution is -2.44. The molecule has 0 spiro atoms. The van der Waals surface area contributed by atoms with Crippen LogP contribution in [0, 0.1) is 0 Å². The van der Waals surface area contributed by atoms with Gasteiger partial charge in [0.2, 0.25) is 5.91 Å². The molecule has 1 heterocycles. The first kappa shape index (κ1) is 30.7. The summed E-state index contributed by atoms with van der Waals surface area (Å²) in [4.78, 5) is 55.0. The zero-order valence-corrected chi connectivity index (χ0v) is 23.9. The van der Waals surface area contributed by atoms with Crippen LogP contribution in [0.25, 0.3) is 10.8 Å². The number of nitrogens with one attached hydrogen (secondary N) is 3. The van der Waals surface area contributed by atoms with Crippen molar-refractivity contribution in [2.45, 2.75) is 38.3 Å². The average Bonchev–Trinajstić information content (AvgIpc) is 3.04. The summed E-state index contributed by atoms with van der Waals surface area (Å²) >= 11 is 0. The molecule has 222 valence electrons. The van der Waals surface area contributed by atoms with E-state index in [-0.39, 0.29) is 37.7 Å². The third kappa shape index (κ3) is 9.12. The zero-order valence-electron chi connectivity index (χ0n) is 23.9. The lowest BCUT2D eigenvalue weighted by molar-refractivity contribution is -0.140. The number of ether oxygens (including phenoxy) is 2. The molecule has 0 fully saturated rings. The van der Waals surface area contributed by atoms with Crippen molar-refractivity contribution in [2.24, 2.45) is 0 Å². The Bertz CT molecular complexity index is 1550. The normalized spacial score (nSPS) is 11.3. The van der Waals surface area contributed by atoms with E-state index in [1.165, 1.54) is 7.11 Å². The number of nitrogens with zero attached hydrogens (tertiary/aromatic N) is 1. The van der Waals surface area contributed by atoms with Gasteiger partial charge < -0.3 is 25.4 Å². The van der Waals surface area contributed by atoms with E-state index in [0.717, 1.165) is 16.5 Å². The fourth-order valence-corrected chi connectivity index (χ4v) is 4.49. The van der Waals surface area contributed by atoms with Gasteiger partial charge in [-0.3, -0.25) is 19.4 Å². The Hall–Kier alpha value is -5.25. The second-order valence-corrected chi connectivity index (χ2v) is 9.76. The highest BCUT2D eigenvalue weighted by Crippen LogP contribution is 2.19. The van der Waals surface area contributed by atoms with E-state index in [4.69, 9.17) is 9.47 Å². The van der Waals surface area contributed by atoms with Crippen LogP contribution >= 0.6 is 0 Å². The van der Waals surface area contributed by atoms with Crippen molar-refractivity contribution in [3.8, 4) is 0 Å². The quantitative estimate of drug-likeness (QED) is 0.152. The van der Waals surface area contributed by atoms with Gasteiger partial charge in [-0.15, -0.1) is 0 Å². The van der Waals surface area contributed by atoms with Crippen molar-refractivity contribution < 1.29 is 28.7 Å². The number of carbonyl (C=O) groups excluding carboxylic acids is 4. The van der Waals surface area contributed by atoms with E-state index in [0.29, 0.717) is 23.9 Å². The number of aryl methyl sites for hydroxylation is 1. The molecule has 10 nitrogen and oxygen atoms in total. The van der Waals surface area contributed by atoms with Crippen molar-refractivity contribution >= 4 is 40.3 Å². The molecule has 1 atom stereocenters. The van der Waals surface area contributed by atoms with Crippen LogP contribution in [0.5, 0.6) is 0 Å². The molecular weight excluding hydrogens is 548 g/mol. The van der Waals surface area contributed by atoms with Crippen LogP contribution in [0.15, 0.2) is 91.1 Å². The molecule has 43 heavy (non-hydrogen) atoms. The first-order chi connectivity index (χ1) is 20.9. The van der Waals surface area contributed by atoms with Crippen LogP contribution in [0.3, 0.4) is 0 Å². The van der Waals surface area contributed by atoms with Crippen molar-refractivity contribution in [1.82, 2.24) is 15.6 Å². The highest BCUT2D eigenvalue weighted by molar-refractivity contribution is 6.07. The number of anilines is 1. The lowest BCUT2D eigenvalue weighted by Gasteiger charge is -2.20. The number of amides is 3. The summed E-state index contributed by atoms with van der Waals surface area (Å²) in [6, 6.07) is 24.7. The highest BCUT2D eigenvalue weighted by Gasteiger charge is 2.24. The average molecular weight is 583 g/mol. The number of aromatic nitrogens is 1. The molecule has 3 N–H and O–H groups in total. The van der Waals surface area contributed by atoms with E-state index >= 15 is 0 Å². The molecule has 0 aliphatic rings. The molecule has 4 aromatic rings. The summed E-state index contributed by atoms with van der Waals surface area (Å²) in [6.45, 7) is 0.372. The molecule has 10 heteroatoms. The number of para-hydroxylation sites is 1. The third-order valence-electron chi connectivity index (χ3n) is 6.76. The maximum Gasteiger partial charge on any atom is 0.407 e. The van der Waals surface area contributed by atoms with E-state index in [9.17, 15) is 19.2 Å². The lowest BCUT2D eigenvalue weighted by atomic mass is 10.1.